The van der Waals surface area contributed by atoms with Crippen LogP contribution in [-0.2, 0) is 4.79 Å². The molecule has 1 heterocycles. The Bertz CT molecular complexity index is 666. The van der Waals surface area contributed by atoms with Gasteiger partial charge in [0.15, 0.2) is 0 Å². The Morgan fingerprint density at radius 1 is 1.14 bits per heavy atom. The highest BCUT2D eigenvalue weighted by Crippen LogP contribution is 2.18. The number of amides is 1. The molecule has 2 rings (SSSR count). The van der Waals surface area contributed by atoms with Crippen molar-refractivity contribution < 1.29 is 14.0 Å². The zero-order valence-corrected chi connectivity index (χ0v) is 11.8. The molecule has 0 bridgehead atoms. The third-order valence-electron chi connectivity index (χ3n) is 2.91. The van der Waals surface area contributed by atoms with Crippen LogP contribution in [0, 0.1) is 11.7 Å². The van der Waals surface area contributed by atoms with Gasteiger partial charge in [-0.05, 0) is 36.4 Å². The number of hydrogen-bond acceptors (Lipinski definition) is 3. The second-order valence-electron chi connectivity index (χ2n) is 4.88. The van der Waals surface area contributed by atoms with Crippen LogP contribution in [0.25, 0.3) is 0 Å². The molecule has 0 atom stereocenters. The number of rotatable bonds is 4. The normalized spacial score (nSPS) is 10.5. The highest BCUT2D eigenvalue weighted by atomic mass is 19.1. The van der Waals surface area contributed by atoms with E-state index in [0.29, 0.717) is 11.3 Å². The summed E-state index contributed by atoms with van der Waals surface area (Å²) in [5.41, 5.74) is 0.804. The van der Waals surface area contributed by atoms with Crippen LogP contribution in [0.2, 0.25) is 0 Å². The summed E-state index contributed by atoms with van der Waals surface area (Å²) in [6.45, 7) is 3.51. The predicted octanol–water partition coefficient (Wildman–Crippen LogP) is 3.05. The van der Waals surface area contributed by atoms with Crippen molar-refractivity contribution >= 4 is 17.4 Å². The molecule has 1 aromatic heterocycles. The van der Waals surface area contributed by atoms with Crippen LogP contribution in [0.15, 0.2) is 42.6 Å². The number of anilines is 1. The van der Waals surface area contributed by atoms with Crippen LogP contribution < -0.4 is 5.32 Å². The molecule has 0 aliphatic rings. The van der Waals surface area contributed by atoms with Gasteiger partial charge in [-0.1, -0.05) is 13.8 Å². The second-order valence-corrected chi connectivity index (χ2v) is 4.88. The Balaban J connectivity index is 2.33. The maximum absolute atomic E-state index is 12.9. The first kappa shape index (κ1) is 14.8. The number of nitrogens with one attached hydrogen (secondary N) is 1. The fourth-order valence-corrected chi connectivity index (χ4v) is 1.70. The summed E-state index contributed by atoms with van der Waals surface area (Å²) in [5, 5.41) is 2.68. The minimum absolute atomic E-state index is 0.137. The minimum atomic E-state index is -0.416. The summed E-state index contributed by atoms with van der Waals surface area (Å²) in [7, 11) is 0. The van der Waals surface area contributed by atoms with E-state index in [0.717, 1.165) is 0 Å². The van der Waals surface area contributed by atoms with E-state index in [2.05, 4.69) is 10.3 Å². The van der Waals surface area contributed by atoms with E-state index >= 15 is 0 Å². The fraction of sp³-hybridized carbons (Fsp3) is 0.188. The molecule has 108 valence electrons. The maximum atomic E-state index is 12.9. The van der Waals surface area contributed by atoms with Crippen molar-refractivity contribution in [3.8, 4) is 0 Å². The zero-order valence-electron chi connectivity index (χ0n) is 11.8. The van der Waals surface area contributed by atoms with Gasteiger partial charge in [0.2, 0.25) is 11.7 Å². The Labute approximate surface area is 122 Å². The van der Waals surface area contributed by atoms with Crippen LogP contribution in [0.5, 0.6) is 0 Å². The molecule has 0 unspecified atom stereocenters. The number of halogens is 1. The molecule has 0 aliphatic heterocycles. The average Bonchev–Trinajstić information content (AvgIpc) is 2.47. The molecular weight excluding hydrogens is 271 g/mol. The monoisotopic (exact) mass is 286 g/mol. The summed E-state index contributed by atoms with van der Waals surface area (Å²) in [6.07, 6.45) is 1.47. The zero-order chi connectivity index (χ0) is 15.4. The summed E-state index contributed by atoms with van der Waals surface area (Å²) in [5.74, 6) is -1.19. The minimum Gasteiger partial charge on any atom is -0.324 e. The molecule has 0 fully saturated rings. The quantitative estimate of drug-likeness (QED) is 0.879. The second kappa shape index (κ2) is 6.26. The Hall–Kier alpha value is -2.56. The molecule has 5 heteroatoms. The van der Waals surface area contributed by atoms with Gasteiger partial charge in [-0.25, -0.2) is 4.39 Å². The Morgan fingerprint density at radius 2 is 1.81 bits per heavy atom. The lowest BCUT2D eigenvalue weighted by atomic mass is 10.1. The van der Waals surface area contributed by atoms with E-state index in [1.807, 2.05) is 0 Å². The van der Waals surface area contributed by atoms with Crippen LogP contribution in [0.1, 0.15) is 29.9 Å². The van der Waals surface area contributed by atoms with Gasteiger partial charge in [0.05, 0.1) is 5.69 Å². The van der Waals surface area contributed by atoms with E-state index in [4.69, 9.17) is 0 Å². The van der Waals surface area contributed by atoms with Gasteiger partial charge in [-0.3, -0.25) is 14.6 Å². The number of benzene rings is 1. The molecule has 0 spiro atoms. The molecule has 4 nitrogen and oxygen atoms in total. The molecule has 0 radical (unpaired) electrons. The number of ketones is 1. The third kappa shape index (κ3) is 3.51. The van der Waals surface area contributed by atoms with Crippen molar-refractivity contribution in [2.24, 2.45) is 5.92 Å². The molecular formula is C16H15FN2O2. The molecule has 21 heavy (non-hydrogen) atoms. The van der Waals surface area contributed by atoms with Gasteiger partial charge >= 0.3 is 0 Å². The summed E-state index contributed by atoms with van der Waals surface area (Å²) < 4.78 is 12.9. The maximum Gasteiger partial charge on any atom is 0.226 e. The van der Waals surface area contributed by atoms with Crippen molar-refractivity contribution in [2.75, 3.05) is 5.32 Å². The lowest BCUT2D eigenvalue weighted by Crippen LogP contribution is -2.20. The van der Waals surface area contributed by atoms with Gasteiger partial charge in [-0.2, -0.15) is 0 Å². The van der Waals surface area contributed by atoms with E-state index in [1.165, 1.54) is 30.5 Å². The number of carbonyl (C=O) groups excluding carboxylic acids is 2. The van der Waals surface area contributed by atoms with Crippen molar-refractivity contribution in [2.45, 2.75) is 13.8 Å². The predicted molar refractivity (Wildman–Crippen MR) is 77.5 cm³/mol. The highest BCUT2D eigenvalue weighted by molar-refractivity contribution is 6.12. The van der Waals surface area contributed by atoms with Crippen LogP contribution in [-0.4, -0.2) is 16.7 Å². The smallest absolute Gasteiger partial charge is 0.226 e. The number of nitrogens with zero attached hydrogens (tertiary/aromatic N) is 1. The van der Waals surface area contributed by atoms with Gasteiger partial charge in [0.1, 0.15) is 11.5 Å². The number of hydrogen-bond donors (Lipinski definition) is 1. The van der Waals surface area contributed by atoms with Gasteiger partial charge in [0, 0.05) is 17.7 Å². The van der Waals surface area contributed by atoms with Crippen molar-refractivity contribution in [1.82, 2.24) is 4.98 Å². The van der Waals surface area contributed by atoms with E-state index in [1.54, 1.807) is 26.0 Å². The van der Waals surface area contributed by atoms with Gasteiger partial charge in [0.25, 0.3) is 0 Å². The first-order valence-corrected chi connectivity index (χ1v) is 6.55. The topological polar surface area (TPSA) is 59.1 Å². The van der Waals surface area contributed by atoms with Crippen molar-refractivity contribution in [1.29, 1.82) is 0 Å². The van der Waals surface area contributed by atoms with E-state index in [-0.39, 0.29) is 23.3 Å². The fourth-order valence-electron chi connectivity index (χ4n) is 1.70. The average molecular weight is 286 g/mol. The molecule has 1 aromatic carbocycles. The molecule has 1 N–H and O–H groups in total. The van der Waals surface area contributed by atoms with Crippen molar-refractivity contribution in [3.63, 3.8) is 0 Å². The van der Waals surface area contributed by atoms with Crippen LogP contribution in [0.4, 0.5) is 10.1 Å². The van der Waals surface area contributed by atoms with Gasteiger partial charge in [-0.15, -0.1) is 0 Å². The third-order valence-corrected chi connectivity index (χ3v) is 2.91. The van der Waals surface area contributed by atoms with Crippen molar-refractivity contribution in [3.05, 3.63) is 59.7 Å². The largest absolute Gasteiger partial charge is 0.324 e. The van der Waals surface area contributed by atoms with Crippen LogP contribution >= 0.6 is 0 Å². The summed E-state index contributed by atoms with van der Waals surface area (Å²) >= 11 is 0. The highest BCUT2D eigenvalue weighted by Gasteiger charge is 2.17. The SMILES string of the molecule is CC(C)C(=O)Nc1cccnc1C(=O)c1ccc(F)cc1. The van der Waals surface area contributed by atoms with E-state index < -0.39 is 5.82 Å². The van der Waals surface area contributed by atoms with Crippen LogP contribution in [0.3, 0.4) is 0 Å². The molecule has 1 amide bonds. The number of pyridine rings is 1. The lowest BCUT2D eigenvalue weighted by Gasteiger charge is -2.11. The molecule has 0 saturated carbocycles. The Morgan fingerprint density at radius 3 is 2.43 bits per heavy atom. The Kier molecular flexibility index (Phi) is 4.42. The summed E-state index contributed by atoms with van der Waals surface area (Å²) in [6, 6.07) is 8.45. The number of carbonyl (C=O) groups is 2. The number of aromatic nitrogens is 1. The first-order chi connectivity index (χ1) is 9.99. The van der Waals surface area contributed by atoms with Gasteiger partial charge < -0.3 is 5.32 Å². The standard InChI is InChI=1S/C16H15FN2O2/c1-10(2)16(21)19-13-4-3-9-18-14(13)15(20)11-5-7-12(17)8-6-11/h3-10H,1-2H3,(H,19,21). The van der Waals surface area contributed by atoms with E-state index in [9.17, 15) is 14.0 Å². The lowest BCUT2D eigenvalue weighted by molar-refractivity contribution is -0.118. The summed E-state index contributed by atoms with van der Waals surface area (Å²) in [4.78, 5) is 28.2. The first-order valence-electron chi connectivity index (χ1n) is 6.55. The molecule has 2 aromatic rings. The molecule has 0 aliphatic carbocycles. The molecule has 0 saturated heterocycles.